The van der Waals surface area contributed by atoms with Crippen molar-refractivity contribution in [3.63, 3.8) is 0 Å². The maximum absolute atomic E-state index is 12.2. The molecule has 2 heterocycles. The topological polar surface area (TPSA) is 78.0 Å². The largest absolute Gasteiger partial charge is 0.490 e. The fraction of sp³-hybridized carbons (Fsp3) is 0.667. The minimum absolute atomic E-state index is 0.0345. The van der Waals surface area contributed by atoms with Crippen LogP contribution in [0.5, 0.6) is 5.75 Å². The lowest BCUT2D eigenvalue weighted by molar-refractivity contribution is -0.140. The molecule has 3 rings (SSSR count). The highest BCUT2D eigenvalue weighted by Gasteiger charge is 2.39. The van der Waals surface area contributed by atoms with E-state index in [9.17, 15) is 9.59 Å². The molecule has 2 fully saturated rings. The predicted octanol–water partition coefficient (Wildman–Crippen LogP) is 3.53. The molecule has 1 amide bonds. The number of amides is 1. The molecule has 1 aromatic heterocycles. The van der Waals surface area contributed by atoms with Crippen LogP contribution in [0.15, 0.2) is 18.5 Å². The third-order valence-corrected chi connectivity index (χ3v) is 5.25. The first-order chi connectivity index (χ1) is 13.3. The lowest BCUT2D eigenvalue weighted by atomic mass is 10.1. The molecule has 0 N–H and O–H groups in total. The molecule has 7 heteroatoms. The standard InChI is InChI=1S/C21H30N2O5/c1-21(2,3)28-20(25)23-8-7-16(23)13-27-17-9-15(11-22-12-17)18-10-14(18)5-6-19(24)26-4/h9,11-12,14,16,18H,5-8,10,13H2,1-4H3/t14-,16-,18-/m0/s1. The summed E-state index contributed by atoms with van der Waals surface area (Å²) >= 11 is 0. The highest BCUT2D eigenvalue weighted by Crippen LogP contribution is 2.50. The molecular weight excluding hydrogens is 360 g/mol. The summed E-state index contributed by atoms with van der Waals surface area (Å²) < 4.78 is 16.0. The average Bonchev–Trinajstić information content (AvgIpc) is 3.37. The van der Waals surface area contributed by atoms with Crippen molar-refractivity contribution in [3.05, 3.63) is 24.0 Å². The van der Waals surface area contributed by atoms with Gasteiger partial charge >= 0.3 is 12.1 Å². The summed E-state index contributed by atoms with van der Waals surface area (Å²) in [4.78, 5) is 29.5. The van der Waals surface area contributed by atoms with Crippen molar-refractivity contribution in [2.45, 2.75) is 64.0 Å². The zero-order valence-corrected chi connectivity index (χ0v) is 17.1. The number of aromatic nitrogens is 1. The highest BCUT2D eigenvalue weighted by atomic mass is 16.6. The molecule has 1 aliphatic heterocycles. The zero-order valence-electron chi connectivity index (χ0n) is 17.1. The molecule has 1 aromatic rings. The number of carbonyl (C=O) groups is 2. The van der Waals surface area contributed by atoms with Crippen LogP contribution in [0.4, 0.5) is 4.79 Å². The zero-order chi connectivity index (χ0) is 20.3. The number of ether oxygens (including phenoxy) is 3. The van der Waals surface area contributed by atoms with Gasteiger partial charge in [-0.05, 0) is 63.5 Å². The molecular formula is C21H30N2O5. The van der Waals surface area contributed by atoms with Crippen molar-refractivity contribution in [2.24, 2.45) is 5.92 Å². The first kappa shape index (κ1) is 20.4. The minimum atomic E-state index is -0.495. The molecule has 154 valence electrons. The van der Waals surface area contributed by atoms with Gasteiger partial charge in [0.2, 0.25) is 0 Å². The summed E-state index contributed by atoms with van der Waals surface area (Å²) in [7, 11) is 1.42. The first-order valence-corrected chi connectivity index (χ1v) is 9.91. The number of hydrogen-bond acceptors (Lipinski definition) is 6. The Kier molecular flexibility index (Phi) is 6.10. The molecule has 0 unspecified atom stereocenters. The molecule has 1 saturated heterocycles. The van der Waals surface area contributed by atoms with Crippen molar-refractivity contribution in [2.75, 3.05) is 20.3 Å². The Morgan fingerprint density at radius 2 is 2.07 bits per heavy atom. The smallest absolute Gasteiger partial charge is 0.410 e. The van der Waals surface area contributed by atoms with Crippen LogP contribution >= 0.6 is 0 Å². The van der Waals surface area contributed by atoms with Gasteiger partial charge in [0.05, 0.1) is 19.3 Å². The van der Waals surface area contributed by atoms with Crippen LogP contribution in [0.2, 0.25) is 0 Å². The molecule has 0 spiro atoms. The van der Waals surface area contributed by atoms with Crippen molar-refractivity contribution < 1.29 is 23.8 Å². The van der Waals surface area contributed by atoms with Crippen LogP contribution in [-0.4, -0.2) is 53.9 Å². The molecule has 1 aliphatic carbocycles. The molecule has 28 heavy (non-hydrogen) atoms. The fourth-order valence-electron chi connectivity index (χ4n) is 3.46. The molecule has 1 saturated carbocycles. The van der Waals surface area contributed by atoms with Gasteiger partial charge in [-0.15, -0.1) is 0 Å². The highest BCUT2D eigenvalue weighted by molar-refractivity contribution is 5.69. The summed E-state index contributed by atoms with van der Waals surface area (Å²) in [6.07, 6.45) is 6.56. The van der Waals surface area contributed by atoms with Crippen LogP contribution in [0, 0.1) is 5.92 Å². The van der Waals surface area contributed by atoms with Gasteiger partial charge in [0.25, 0.3) is 0 Å². The monoisotopic (exact) mass is 390 g/mol. The van der Waals surface area contributed by atoms with E-state index in [-0.39, 0.29) is 18.1 Å². The van der Waals surface area contributed by atoms with Gasteiger partial charge in [-0.25, -0.2) is 4.79 Å². The van der Waals surface area contributed by atoms with Gasteiger partial charge in [-0.2, -0.15) is 0 Å². The minimum Gasteiger partial charge on any atom is -0.490 e. The third-order valence-electron chi connectivity index (χ3n) is 5.25. The normalized spacial score (nSPS) is 23.6. The number of carbonyl (C=O) groups excluding carboxylic acids is 2. The Bertz CT molecular complexity index is 715. The maximum atomic E-state index is 12.2. The number of hydrogen-bond donors (Lipinski definition) is 0. The summed E-state index contributed by atoms with van der Waals surface area (Å²) in [5, 5.41) is 0. The maximum Gasteiger partial charge on any atom is 0.410 e. The van der Waals surface area contributed by atoms with Gasteiger partial charge in [0.15, 0.2) is 0 Å². The Balaban J connectivity index is 1.47. The number of esters is 1. The Labute approximate surface area is 166 Å². The predicted molar refractivity (Wildman–Crippen MR) is 103 cm³/mol. The van der Waals surface area contributed by atoms with Crippen molar-refractivity contribution in [1.29, 1.82) is 0 Å². The van der Waals surface area contributed by atoms with E-state index in [0.717, 1.165) is 24.8 Å². The van der Waals surface area contributed by atoms with Crippen LogP contribution in [0.1, 0.15) is 57.9 Å². The SMILES string of the molecule is COC(=O)CC[C@H]1C[C@@H]1c1cncc(OC[C@@H]2CCN2C(=O)OC(C)(C)C)c1. The van der Waals surface area contributed by atoms with E-state index in [2.05, 4.69) is 4.98 Å². The number of methoxy groups -OCH3 is 1. The second-order valence-electron chi connectivity index (χ2n) is 8.60. The molecule has 7 nitrogen and oxygen atoms in total. The van der Waals surface area contributed by atoms with Gasteiger partial charge in [-0.1, -0.05) is 0 Å². The van der Waals surface area contributed by atoms with E-state index in [0.29, 0.717) is 37.2 Å². The van der Waals surface area contributed by atoms with E-state index in [1.54, 1.807) is 11.1 Å². The fourth-order valence-corrected chi connectivity index (χ4v) is 3.46. The van der Waals surface area contributed by atoms with Gasteiger partial charge < -0.3 is 19.1 Å². The van der Waals surface area contributed by atoms with Crippen LogP contribution in [0.3, 0.4) is 0 Å². The van der Waals surface area contributed by atoms with Gasteiger partial charge in [-0.3, -0.25) is 9.78 Å². The molecule has 3 atom stereocenters. The second-order valence-corrected chi connectivity index (χ2v) is 8.60. The number of pyridine rings is 1. The molecule has 0 aromatic carbocycles. The van der Waals surface area contributed by atoms with E-state index in [1.165, 1.54) is 7.11 Å². The first-order valence-electron chi connectivity index (χ1n) is 9.91. The third kappa shape index (κ3) is 5.36. The van der Waals surface area contributed by atoms with Crippen LogP contribution in [-0.2, 0) is 14.3 Å². The van der Waals surface area contributed by atoms with E-state index >= 15 is 0 Å². The van der Waals surface area contributed by atoms with Crippen LogP contribution < -0.4 is 4.74 Å². The summed E-state index contributed by atoms with van der Waals surface area (Å²) in [5.41, 5.74) is 0.648. The molecule has 0 radical (unpaired) electrons. The summed E-state index contributed by atoms with van der Waals surface area (Å²) in [6, 6.07) is 2.05. The van der Waals surface area contributed by atoms with Gasteiger partial charge in [0, 0.05) is 19.2 Å². The van der Waals surface area contributed by atoms with Crippen molar-refractivity contribution in [1.82, 2.24) is 9.88 Å². The summed E-state index contributed by atoms with van der Waals surface area (Å²) in [6.45, 7) is 6.73. The Hall–Kier alpha value is -2.31. The second kappa shape index (κ2) is 8.37. The summed E-state index contributed by atoms with van der Waals surface area (Å²) in [5.74, 6) is 1.50. The van der Waals surface area contributed by atoms with E-state index < -0.39 is 5.60 Å². The van der Waals surface area contributed by atoms with Crippen LogP contribution in [0.25, 0.3) is 0 Å². The molecule has 0 bridgehead atoms. The lowest BCUT2D eigenvalue weighted by Crippen LogP contribution is -2.55. The number of likely N-dealkylation sites (tertiary alicyclic amines) is 1. The Morgan fingerprint density at radius 3 is 2.71 bits per heavy atom. The Morgan fingerprint density at radius 1 is 1.29 bits per heavy atom. The van der Waals surface area contributed by atoms with E-state index in [1.807, 2.05) is 33.0 Å². The average molecular weight is 390 g/mol. The van der Waals surface area contributed by atoms with Crippen molar-refractivity contribution >= 4 is 12.1 Å². The lowest BCUT2D eigenvalue weighted by Gasteiger charge is -2.40. The van der Waals surface area contributed by atoms with E-state index in [4.69, 9.17) is 14.2 Å². The molecule has 2 aliphatic rings. The van der Waals surface area contributed by atoms with Crippen molar-refractivity contribution in [3.8, 4) is 5.75 Å². The van der Waals surface area contributed by atoms with Gasteiger partial charge in [0.1, 0.15) is 18.0 Å². The quantitative estimate of drug-likeness (QED) is 0.663. The number of nitrogens with zero attached hydrogens (tertiary/aromatic N) is 2. The number of rotatable bonds is 7.